The number of hydrogen-bond acceptors (Lipinski definition) is 3. The van der Waals surface area contributed by atoms with Crippen LogP contribution in [0.4, 0.5) is 0 Å². The Morgan fingerprint density at radius 3 is 3.00 bits per heavy atom. The second kappa shape index (κ2) is 3.74. The molecule has 0 aliphatic carbocycles. The summed E-state index contributed by atoms with van der Waals surface area (Å²) in [4.78, 5) is 4.05. The molecule has 0 saturated carbocycles. The molecule has 3 nitrogen and oxygen atoms in total. The Kier molecular flexibility index (Phi) is 2.67. The maximum atomic E-state index is 5.42. The first-order chi connectivity index (χ1) is 5.81. The van der Waals surface area contributed by atoms with Crippen molar-refractivity contribution in [2.24, 2.45) is 5.73 Å². The van der Waals surface area contributed by atoms with Crippen molar-refractivity contribution in [2.45, 2.75) is 6.54 Å². The number of hydrogen-bond donors (Lipinski definition) is 1. The Morgan fingerprint density at radius 1 is 1.75 bits per heavy atom. The molecule has 0 aromatic carbocycles. The first kappa shape index (κ1) is 8.57. The van der Waals surface area contributed by atoms with Crippen molar-refractivity contribution in [3.63, 3.8) is 0 Å². The maximum absolute atomic E-state index is 5.42. The highest BCUT2D eigenvalue weighted by Crippen LogP contribution is 2.15. The van der Waals surface area contributed by atoms with Crippen LogP contribution in [0.25, 0.3) is 0 Å². The molecule has 2 N–H and O–H groups in total. The zero-order valence-corrected chi connectivity index (χ0v) is 6.87. The van der Waals surface area contributed by atoms with Gasteiger partial charge >= 0.3 is 0 Å². The normalized spacial score (nSPS) is 9.08. The third kappa shape index (κ3) is 1.55. The van der Waals surface area contributed by atoms with Crippen LogP contribution in [0, 0.1) is 12.3 Å². The predicted octanol–water partition coefficient (Wildman–Crippen LogP) is 0.530. The van der Waals surface area contributed by atoms with E-state index in [0.29, 0.717) is 17.9 Å². The standard InChI is InChI=1S/C9H10N2O/c1-3-7-4-9(12-2)8(5-10)11-6-7/h1,4,6H,5,10H2,2H3. The zero-order chi connectivity index (χ0) is 8.97. The van der Waals surface area contributed by atoms with Gasteiger partial charge in [-0.2, -0.15) is 0 Å². The molecular formula is C9H10N2O. The summed E-state index contributed by atoms with van der Waals surface area (Å²) in [6.45, 7) is 0.355. The van der Waals surface area contributed by atoms with E-state index in [9.17, 15) is 0 Å². The molecule has 3 heteroatoms. The average Bonchev–Trinajstić information content (AvgIpc) is 2.16. The van der Waals surface area contributed by atoms with Gasteiger partial charge in [0.2, 0.25) is 0 Å². The van der Waals surface area contributed by atoms with Crippen molar-refractivity contribution in [1.82, 2.24) is 4.98 Å². The van der Waals surface area contributed by atoms with Gasteiger partial charge < -0.3 is 10.5 Å². The number of nitrogens with two attached hydrogens (primary N) is 1. The van der Waals surface area contributed by atoms with E-state index in [1.807, 2.05) is 0 Å². The highest BCUT2D eigenvalue weighted by Gasteiger charge is 2.02. The van der Waals surface area contributed by atoms with E-state index in [4.69, 9.17) is 16.9 Å². The summed E-state index contributed by atoms with van der Waals surface area (Å²) in [7, 11) is 1.57. The van der Waals surface area contributed by atoms with Crippen LogP contribution in [0.2, 0.25) is 0 Å². The molecule has 0 spiro atoms. The van der Waals surface area contributed by atoms with Gasteiger partial charge in [-0.05, 0) is 6.07 Å². The van der Waals surface area contributed by atoms with Gasteiger partial charge in [-0.1, -0.05) is 5.92 Å². The van der Waals surface area contributed by atoms with Crippen molar-refractivity contribution >= 4 is 0 Å². The number of methoxy groups -OCH3 is 1. The lowest BCUT2D eigenvalue weighted by Crippen LogP contribution is -2.02. The molecule has 0 radical (unpaired) electrons. The number of rotatable bonds is 2. The van der Waals surface area contributed by atoms with E-state index in [0.717, 1.165) is 5.69 Å². The summed E-state index contributed by atoms with van der Waals surface area (Å²) in [6.07, 6.45) is 6.79. The zero-order valence-electron chi connectivity index (χ0n) is 6.87. The fraction of sp³-hybridized carbons (Fsp3) is 0.222. The summed E-state index contributed by atoms with van der Waals surface area (Å²) in [5, 5.41) is 0. The van der Waals surface area contributed by atoms with Crippen LogP contribution < -0.4 is 10.5 Å². The van der Waals surface area contributed by atoms with Crippen molar-refractivity contribution in [3.8, 4) is 18.1 Å². The van der Waals surface area contributed by atoms with Crippen molar-refractivity contribution in [1.29, 1.82) is 0 Å². The number of ether oxygens (including phenoxy) is 1. The average molecular weight is 162 g/mol. The minimum Gasteiger partial charge on any atom is -0.495 e. The van der Waals surface area contributed by atoms with E-state index >= 15 is 0 Å². The molecule has 1 rings (SSSR count). The van der Waals surface area contributed by atoms with Gasteiger partial charge in [-0.15, -0.1) is 6.42 Å². The predicted molar refractivity (Wildman–Crippen MR) is 46.6 cm³/mol. The molecule has 0 aliphatic heterocycles. The van der Waals surface area contributed by atoms with Gasteiger partial charge in [0.1, 0.15) is 5.75 Å². The molecule has 0 bridgehead atoms. The summed E-state index contributed by atoms with van der Waals surface area (Å²) >= 11 is 0. The Balaban J connectivity index is 3.13. The molecular weight excluding hydrogens is 152 g/mol. The number of pyridine rings is 1. The topological polar surface area (TPSA) is 48.1 Å². The van der Waals surface area contributed by atoms with Crippen LogP contribution in [0.1, 0.15) is 11.3 Å². The second-order valence-electron chi connectivity index (χ2n) is 2.22. The summed E-state index contributed by atoms with van der Waals surface area (Å²) < 4.78 is 5.04. The number of aromatic nitrogens is 1. The molecule has 0 fully saturated rings. The fourth-order valence-corrected chi connectivity index (χ4v) is 0.882. The van der Waals surface area contributed by atoms with E-state index in [2.05, 4.69) is 10.9 Å². The minimum atomic E-state index is 0.355. The third-order valence-electron chi connectivity index (χ3n) is 1.51. The first-order valence-corrected chi connectivity index (χ1v) is 3.51. The van der Waals surface area contributed by atoms with Gasteiger partial charge in [-0.25, -0.2) is 0 Å². The molecule has 0 amide bonds. The van der Waals surface area contributed by atoms with E-state index < -0.39 is 0 Å². The molecule has 62 valence electrons. The quantitative estimate of drug-likeness (QED) is 0.645. The fourth-order valence-electron chi connectivity index (χ4n) is 0.882. The van der Waals surface area contributed by atoms with Crippen LogP contribution in [0.3, 0.4) is 0 Å². The lowest BCUT2D eigenvalue weighted by atomic mass is 10.2. The van der Waals surface area contributed by atoms with Crippen molar-refractivity contribution < 1.29 is 4.74 Å². The molecule has 0 saturated heterocycles. The Morgan fingerprint density at radius 2 is 2.50 bits per heavy atom. The maximum Gasteiger partial charge on any atom is 0.142 e. The molecule has 0 aliphatic rings. The third-order valence-corrected chi connectivity index (χ3v) is 1.51. The summed E-state index contributed by atoms with van der Waals surface area (Å²) in [5.74, 6) is 3.12. The van der Waals surface area contributed by atoms with Gasteiger partial charge in [0.25, 0.3) is 0 Å². The van der Waals surface area contributed by atoms with Gasteiger partial charge in [-0.3, -0.25) is 4.98 Å². The van der Waals surface area contributed by atoms with Gasteiger partial charge in [0.15, 0.2) is 0 Å². The van der Waals surface area contributed by atoms with Crippen LogP contribution in [0.15, 0.2) is 12.3 Å². The highest BCUT2D eigenvalue weighted by atomic mass is 16.5. The molecule has 0 atom stereocenters. The van der Waals surface area contributed by atoms with Crippen molar-refractivity contribution in [3.05, 3.63) is 23.5 Å². The smallest absolute Gasteiger partial charge is 0.142 e. The van der Waals surface area contributed by atoms with Gasteiger partial charge in [0.05, 0.1) is 12.8 Å². The molecule has 1 heterocycles. The number of nitrogens with zero attached hydrogens (tertiary/aromatic N) is 1. The Hall–Kier alpha value is -1.53. The van der Waals surface area contributed by atoms with Crippen LogP contribution in [-0.4, -0.2) is 12.1 Å². The first-order valence-electron chi connectivity index (χ1n) is 3.51. The molecule has 1 aromatic rings. The molecule has 1 aromatic heterocycles. The molecule has 12 heavy (non-hydrogen) atoms. The van der Waals surface area contributed by atoms with Crippen LogP contribution in [0.5, 0.6) is 5.75 Å². The van der Waals surface area contributed by atoms with Crippen molar-refractivity contribution in [2.75, 3.05) is 7.11 Å². The number of terminal acetylenes is 1. The lowest BCUT2D eigenvalue weighted by Gasteiger charge is -2.04. The minimum absolute atomic E-state index is 0.355. The van der Waals surface area contributed by atoms with Crippen LogP contribution >= 0.6 is 0 Å². The largest absolute Gasteiger partial charge is 0.495 e. The SMILES string of the molecule is C#Cc1cnc(CN)c(OC)c1. The van der Waals surface area contributed by atoms with E-state index in [1.54, 1.807) is 19.4 Å². The summed E-state index contributed by atoms with van der Waals surface area (Å²) in [5.41, 5.74) is 6.84. The highest BCUT2D eigenvalue weighted by molar-refractivity contribution is 5.38. The Labute approximate surface area is 71.6 Å². The van der Waals surface area contributed by atoms with Gasteiger partial charge in [0, 0.05) is 18.3 Å². The second-order valence-corrected chi connectivity index (χ2v) is 2.22. The lowest BCUT2D eigenvalue weighted by molar-refractivity contribution is 0.407. The van der Waals surface area contributed by atoms with Crippen LogP contribution in [-0.2, 0) is 6.54 Å². The van der Waals surface area contributed by atoms with E-state index in [-0.39, 0.29) is 0 Å². The molecule has 0 unspecified atom stereocenters. The van der Waals surface area contributed by atoms with E-state index in [1.165, 1.54) is 0 Å². The monoisotopic (exact) mass is 162 g/mol. The Bertz CT molecular complexity index is 315. The summed E-state index contributed by atoms with van der Waals surface area (Å²) in [6, 6.07) is 1.75.